The van der Waals surface area contributed by atoms with Gasteiger partial charge in [0.05, 0.1) is 0 Å². The number of aromatic nitrogens is 2. The van der Waals surface area contributed by atoms with Crippen molar-refractivity contribution in [2.45, 2.75) is 6.61 Å². The molecule has 0 aliphatic rings. The quantitative estimate of drug-likeness (QED) is 0.542. The van der Waals surface area contributed by atoms with Crippen LogP contribution in [-0.4, -0.2) is 21.8 Å². The Labute approximate surface area is 68.5 Å². The molecule has 0 fully saturated rings. The van der Waals surface area contributed by atoms with Crippen LogP contribution in [-0.2, 0) is 16.1 Å². The number of ether oxygens (including phenoxy) is 1. The lowest BCUT2D eigenvalue weighted by Crippen LogP contribution is -2.06. The van der Waals surface area contributed by atoms with Crippen molar-refractivity contribution in [2.24, 2.45) is 0 Å². The molecule has 1 aromatic rings. The first-order valence-electron chi connectivity index (χ1n) is 3.03. The van der Waals surface area contributed by atoms with Crippen molar-refractivity contribution in [3.63, 3.8) is 0 Å². The fourth-order valence-electron chi connectivity index (χ4n) is 0.564. The number of rotatable bonds is 3. The Morgan fingerprint density at radius 3 is 3.18 bits per heavy atom. The fraction of sp³-hybridized carbons (Fsp3) is 0.333. The maximum absolute atomic E-state index is 10.5. The Morgan fingerprint density at radius 1 is 1.82 bits per heavy atom. The summed E-state index contributed by atoms with van der Waals surface area (Å²) in [6.45, 7) is 0.151. The molecule has 0 saturated carbocycles. The maximum Gasteiger partial charge on any atom is 0.321 e. The van der Waals surface area contributed by atoms with Gasteiger partial charge in [-0.05, 0) is 0 Å². The Kier molecular flexibility index (Phi) is 2.92. The van der Waals surface area contributed by atoms with Crippen LogP contribution >= 0.6 is 11.6 Å². The van der Waals surface area contributed by atoms with Gasteiger partial charge in [0.2, 0.25) is 0 Å². The van der Waals surface area contributed by atoms with Gasteiger partial charge in [0.25, 0.3) is 0 Å². The second-order valence-electron chi connectivity index (χ2n) is 1.83. The van der Waals surface area contributed by atoms with Crippen molar-refractivity contribution in [3.05, 3.63) is 18.2 Å². The number of carbonyl (C=O) groups excluding carboxylic acids is 1. The number of H-pyrrole nitrogens is 1. The lowest BCUT2D eigenvalue weighted by molar-refractivity contribution is -0.142. The van der Waals surface area contributed by atoms with Crippen molar-refractivity contribution in [1.29, 1.82) is 0 Å². The van der Waals surface area contributed by atoms with E-state index in [-0.39, 0.29) is 12.5 Å². The molecule has 0 bridgehead atoms. The highest BCUT2D eigenvalue weighted by atomic mass is 35.5. The number of esters is 1. The molecule has 0 aliphatic carbocycles. The Morgan fingerprint density at radius 2 is 2.64 bits per heavy atom. The molecule has 0 spiro atoms. The molecule has 0 aromatic carbocycles. The molecule has 0 unspecified atom stereocenters. The lowest BCUT2D eigenvalue weighted by Gasteiger charge is -1.97. The molecule has 5 heteroatoms. The minimum atomic E-state index is -0.442. The molecule has 1 aromatic heterocycles. The predicted octanol–water partition coefficient (Wildman–Crippen LogP) is 0.692. The van der Waals surface area contributed by atoms with E-state index in [4.69, 9.17) is 11.6 Å². The van der Waals surface area contributed by atoms with Gasteiger partial charge in [-0.25, -0.2) is 4.98 Å². The van der Waals surface area contributed by atoms with Crippen LogP contribution in [0.2, 0.25) is 0 Å². The predicted molar refractivity (Wildman–Crippen MR) is 39.1 cm³/mol. The zero-order valence-corrected chi connectivity index (χ0v) is 6.47. The van der Waals surface area contributed by atoms with Gasteiger partial charge in [-0.15, -0.1) is 11.6 Å². The second kappa shape index (κ2) is 3.98. The summed E-state index contributed by atoms with van der Waals surface area (Å²) in [6, 6.07) is 0. The summed E-state index contributed by atoms with van der Waals surface area (Å²) >= 11 is 5.19. The van der Waals surface area contributed by atoms with Crippen LogP contribution in [0.3, 0.4) is 0 Å². The van der Waals surface area contributed by atoms with E-state index in [1.165, 1.54) is 0 Å². The van der Waals surface area contributed by atoms with E-state index in [2.05, 4.69) is 14.7 Å². The van der Waals surface area contributed by atoms with Gasteiger partial charge in [0, 0.05) is 12.4 Å². The number of hydrogen-bond donors (Lipinski definition) is 1. The number of halogens is 1. The number of carbonyl (C=O) groups is 1. The van der Waals surface area contributed by atoms with Crippen LogP contribution < -0.4 is 0 Å². The Bertz CT molecular complexity index is 222. The Hall–Kier alpha value is -1.03. The number of nitrogens with zero attached hydrogens (tertiary/aromatic N) is 1. The summed E-state index contributed by atoms with van der Waals surface area (Å²) in [5, 5.41) is 0. The van der Waals surface area contributed by atoms with Crippen LogP contribution in [0.5, 0.6) is 0 Å². The highest BCUT2D eigenvalue weighted by molar-refractivity contribution is 6.26. The SMILES string of the molecule is O=C(CCl)OCc1ncc[nH]1. The largest absolute Gasteiger partial charge is 0.457 e. The summed E-state index contributed by atoms with van der Waals surface area (Å²) in [5.74, 6) is 0.0484. The van der Waals surface area contributed by atoms with E-state index >= 15 is 0 Å². The van der Waals surface area contributed by atoms with E-state index in [1.807, 2.05) is 0 Å². The van der Waals surface area contributed by atoms with E-state index in [0.717, 1.165) is 0 Å². The second-order valence-corrected chi connectivity index (χ2v) is 2.10. The minimum absolute atomic E-state index is 0.124. The fourth-order valence-corrected chi connectivity index (χ4v) is 0.641. The maximum atomic E-state index is 10.5. The van der Waals surface area contributed by atoms with Crippen LogP contribution in [0, 0.1) is 0 Å². The number of alkyl halides is 1. The number of imidazole rings is 1. The summed E-state index contributed by atoms with van der Waals surface area (Å²) < 4.78 is 4.67. The molecule has 0 amide bonds. The lowest BCUT2D eigenvalue weighted by atomic mass is 10.6. The number of nitrogens with one attached hydrogen (secondary N) is 1. The minimum Gasteiger partial charge on any atom is -0.457 e. The van der Waals surface area contributed by atoms with Crippen LogP contribution in [0.15, 0.2) is 12.4 Å². The normalized spacial score (nSPS) is 9.55. The van der Waals surface area contributed by atoms with Crippen LogP contribution in [0.4, 0.5) is 0 Å². The third kappa shape index (κ3) is 2.59. The van der Waals surface area contributed by atoms with Gasteiger partial charge >= 0.3 is 5.97 Å². The molecule has 0 radical (unpaired) electrons. The van der Waals surface area contributed by atoms with Crippen molar-refractivity contribution in [3.8, 4) is 0 Å². The highest BCUT2D eigenvalue weighted by Crippen LogP contribution is 1.92. The van der Waals surface area contributed by atoms with Crippen molar-refractivity contribution < 1.29 is 9.53 Å². The highest BCUT2D eigenvalue weighted by Gasteiger charge is 2.00. The van der Waals surface area contributed by atoms with Gasteiger partial charge in [0.15, 0.2) is 0 Å². The van der Waals surface area contributed by atoms with E-state index in [9.17, 15) is 4.79 Å². The smallest absolute Gasteiger partial charge is 0.321 e. The van der Waals surface area contributed by atoms with Gasteiger partial charge < -0.3 is 9.72 Å². The van der Waals surface area contributed by atoms with E-state index in [0.29, 0.717) is 5.82 Å². The molecule has 11 heavy (non-hydrogen) atoms. The van der Waals surface area contributed by atoms with Crippen molar-refractivity contribution >= 4 is 17.6 Å². The zero-order chi connectivity index (χ0) is 8.10. The summed E-state index contributed by atoms with van der Waals surface area (Å²) in [4.78, 5) is 17.1. The molecule has 1 N–H and O–H groups in total. The molecule has 0 atom stereocenters. The van der Waals surface area contributed by atoms with E-state index in [1.54, 1.807) is 12.4 Å². The van der Waals surface area contributed by atoms with Crippen LogP contribution in [0.25, 0.3) is 0 Å². The average molecular weight is 175 g/mol. The molecule has 1 rings (SSSR count). The van der Waals surface area contributed by atoms with Crippen LogP contribution in [0.1, 0.15) is 5.82 Å². The van der Waals surface area contributed by atoms with Gasteiger partial charge in [-0.3, -0.25) is 4.79 Å². The van der Waals surface area contributed by atoms with E-state index < -0.39 is 5.97 Å². The molecule has 0 saturated heterocycles. The molecular weight excluding hydrogens is 168 g/mol. The van der Waals surface area contributed by atoms with Gasteiger partial charge in [-0.2, -0.15) is 0 Å². The number of hydrogen-bond acceptors (Lipinski definition) is 3. The van der Waals surface area contributed by atoms with Gasteiger partial charge in [-0.1, -0.05) is 0 Å². The molecule has 1 heterocycles. The standard InChI is InChI=1S/C6H7ClN2O2/c7-3-6(10)11-4-5-8-1-2-9-5/h1-2H,3-4H2,(H,8,9). The topological polar surface area (TPSA) is 55.0 Å². The first-order valence-corrected chi connectivity index (χ1v) is 3.56. The molecule has 4 nitrogen and oxygen atoms in total. The van der Waals surface area contributed by atoms with Gasteiger partial charge in [0.1, 0.15) is 18.3 Å². The van der Waals surface area contributed by atoms with Crippen molar-refractivity contribution in [1.82, 2.24) is 9.97 Å². The summed E-state index contributed by atoms with van der Waals surface area (Å²) in [5.41, 5.74) is 0. The third-order valence-electron chi connectivity index (χ3n) is 1.03. The molecule has 60 valence electrons. The molecule has 0 aliphatic heterocycles. The molecular formula is C6H7ClN2O2. The van der Waals surface area contributed by atoms with Crippen molar-refractivity contribution in [2.75, 3.05) is 5.88 Å². The average Bonchev–Trinajstić information content (AvgIpc) is 2.52. The first-order chi connectivity index (χ1) is 5.33. The first kappa shape index (κ1) is 8.07. The Balaban J connectivity index is 2.29. The summed E-state index contributed by atoms with van der Waals surface area (Å²) in [6.07, 6.45) is 3.24. The summed E-state index contributed by atoms with van der Waals surface area (Å²) in [7, 11) is 0. The third-order valence-corrected chi connectivity index (χ3v) is 1.25. The monoisotopic (exact) mass is 174 g/mol. The number of aromatic amines is 1. The zero-order valence-electron chi connectivity index (χ0n) is 5.71.